The Morgan fingerprint density at radius 2 is 2.08 bits per heavy atom. The maximum atomic E-state index is 12.5. The van der Waals surface area contributed by atoms with Gasteiger partial charge in [-0.25, -0.2) is 12.7 Å². The van der Waals surface area contributed by atoms with E-state index in [1.807, 2.05) is 18.7 Å². The Morgan fingerprint density at radius 3 is 2.65 bits per heavy atom. The molecule has 0 aromatic heterocycles. The molecule has 146 valence electrons. The van der Waals surface area contributed by atoms with Crippen molar-refractivity contribution in [1.82, 2.24) is 9.21 Å². The first-order valence-electron chi connectivity index (χ1n) is 8.31. The van der Waals surface area contributed by atoms with Crippen LogP contribution in [0.3, 0.4) is 0 Å². The minimum atomic E-state index is -3.69. The van der Waals surface area contributed by atoms with E-state index in [4.69, 9.17) is 9.47 Å². The average Bonchev–Trinajstić information content (AvgIpc) is 2.56. The predicted octanol–water partition coefficient (Wildman–Crippen LogP) is 0.995. The summed E-state index contributed by atoms with van der Waals surface area (Å²) in [5.74, 6) is 0.0179. The number of hydrogen-bond donors (Lipinski definition) is 1. The van der Waals surface area contributed by atoms with Gasteiger partial charge in [0.05, 0.1) is 26.9 Å². The molecule has 1 amide bonds. The Kier molecular flexibility index (Phi) is 6.28. The van der Waals surface area contributed by atoms with E-state index in [0.29, 0.717) is 25.4 Å². The van der Waals surface area contributed by atoms with Crippen LogP contribution in [0.15, 0.2) is 23.1 Å². The highest BCUT2D eigenvalue weighted by Gasteiger charge is 2.31. The van der Waals surface area contributed by atoms with Gasteiger partial charge in [0.2, 0.25) is 15.9 Å². The molecule has 1 fully saturated rings. The zero-order valence-electron chi connectivity index (χ0n) is 15.9. The summed E-state index contributed by atoms with van der Waals surface area (Å²) in [5.41, 5.74) is 0.178. The topological polar surface area (TPSA) is 88.2 Å². The van der Waals surface area contributed by atoms with Crippen LogP contribution >= 0.6 is 0 Å². The van der Waals surface area contributed by atoms with E-state index in [-0.39, 0.29) is 28.6 Å². The van der Waals surface area contributed by atoms with Crippen molar-refractivity contribution in [3.05, 3.63) is 18.2 Å². The highest BCUT2D eigenvalue weighted by atomic mass is 32.2. The lowest BCUT2D eigenvalue weighted by Crippen LogP contribution is -2.55. The van der Waals surface area contributed by atoms with Crippen LogP contribution in [-0.4, -0.2) is 76.6 Å². The van der Waals surface area contributed by atoms with E-state index in [0.717, 1.165) is 4.31 Å². The van der Waals surface area contributed by atoms with Crippen LogP contribution in [0.4, 0.5) is 5.69 Å². The van der Waals surface area contributed by atoms with E-state index >= 15 is 0 Å². The maximum Gasteiger partial charge on any atom is 0.246 e. The molecule has 0 spiro atoms. The van der Waals surface area contributed by atoms with Gasteiger partial charge in [-0.1, -0.05) is 0 Å². The van der Waals surface area contributed by atoms with Crippen LogP contribution < -0.4 is 10.1 Å². The lowest BCUT2D eigenvalue weighted by Gasteiger charge is -2.41. The summed E-state index contributed by atoms with van der Waals surface area (Å²) in [6, 6.07) is 4.57. The summed E-state index contributed by atoms with van der Waals surface area (Å²) in [4.78, 5) is 14.5. The van der Waals surface area contributed by atoms with Crippen LogP contribution in [0.1, 0.15) is 13.8 Å². The van der Waals surface area contributed by atoms with Crippen molar-refractivity contribution in [3.63, 3.8) is 0 Å². The second-order valence-electron chi connectivity index (χ2n) is 6.99. The van der Waals surface area contributed by atoms with Crippen molar-refractivity contribution >= 4 is 21.6 Å². The van der Waals surface area contributed by atoms with Gasteiger partial charge in [-0.3, -0.25) is 9.69 Å². The summed E-state index contributed by atoms with van der Waals surface area (Å²) in [6.45, 7) is 6.07. The molecule has 0 atom stereocenters. The van der Waals surface area contributed by atoms with Crippen molar-refractivity contribution in [2.75, 3.05) is 52.8 Å². The van der Waals surface area contributed by atoms with Crippen molar-refractivity contribution in [3.8, 4) is 5.75 Å². The summed E-state index contributed by atoms with van der Waals surface area (Å²) in [7, 11) is 0.602. The molecular formula is C17H27N3O5S. The van der Waals surface area contributed by atoms with E-state index < -0.39 is 10.0 Å². The van der Waals surface area contributed by atoms with Crippen LogP contribution in [-0.2, 0) is 19.6 Å². The number of sulfonamides is 1. The first kappa shape index (κ1) is 20.6. The summed E-state index contributed by atoms with van der Waals surface area (Å²) in [6.07, 6.45) is 0. The maximum absolute atomic E-state index is 12.5. The number of carbonyl (C=O) groups excluding carboxylic acids is 1. The monoisotopic (exact) mass is 385 g/mol. The molecular weight excluding hydrogens is 358 g/mol. The number of benzene rings is 1. The molecule has 9 heteroatoms. The molecule has 1 aliphatic rings. The molecule has 0 bridgehead atoms. The van der Waals surface area contributed by atoms with Crippen LogP contribution in [0.25, 0.3) is 0 Å². The van der Waals surface area contributed by atoms with Crippen LogP contribution in [0.2, 0.25) is 0 Å². The zero-order chi connectivity index (χ0) is 19.5. The molecule has 0 saturated carbocycles. The van der Waals surface area contributed by atoms with Crippen molar-refractivity contribution in [1.29, 1.82) is 0 Å². The second kappa shape index (κ2) is 7.91. The second-order valence-corrected chi connectivity index (χ2v) is 9.11. The zero-order valence-corrected chi connectivity index (χ0v) is 16.7. The third-order valence-electron chi connectivity index (χ3n) is 4.36. The van der Waals surface area contributed by atoms with Crippen molar-refractivity contribution in [2.24, 2.45) is 0 Å². The Balaban J connectivity index is 2.18. The van der Waals surface area contributed by atoms with E-state index in [9.17, 15) is 13.2 Å². The fraction of sp³-hybridized carbons (Fsp3) is 0.588. The normalized spacial score (nSPS) is 17.9. The third-order valence-corrected chi connectivity index (χ3v) is 6.19. The van der Waals surface area contributed by atoms with Gasteiger partial charge in [-0.15, -0.1) is 0 Å². The molecule has 1 heterocycles. The molecule has 2 rings (SSSR count). The molecule has 1 aromatic rings. The number of hydrogen-bond acceptors (Lipinski definition) is 6. The van der Waals surface area contributed by atoms with Crippen molar-refractivity contribution in [2.45, 2.75) is 24.3 Å². The highest BCUT2D eigenvalue weighted by molar-refractivity contribution is 7.89. The summed E-state index contributed by atoms with van der Waals surface area (Å²) < 4.78 is 36.6. The SMILES string of the molecule is COc1ccc(NC(=O)CN2CCOCC2(C)C)cc1S(=O)(=O)N(C)C. The number of anilines is 1. The van der Waals surface area contributed by atoms with Gasteiger partial charge in [0.1, 0.15) is 10.6 Å². The van der Waals surface area contributed by atoms with E-state index in [1.165, 1.54) is 33.3 Å². The quantitative estimate of drug-likeness (QED) is 0.786. The minimum absolute atomic E-state index is 0.00880. The third kappa shape index (κ3) is 4.53. The molecule has 0 unspecified atom stereocenters. The van der Waals surface area contributed by atoms with Gasteiger partial charge >= 0.3 is 0 Å². The molecule has 8 nitrogen and oxygen atoms in total. The smallest absolute Gasteiger partial charge is 0.246 e. The van der Waals surface area contributed by atoms with Gasteiger partial charge in [0.15, 0.2) is 0 Å². The summed E-state index contributed by atoms with van der Waals surface area (Å²) >= 11 is 0. The Hall–Kier alpha value is -1.68. The van der Waals surface area contributed by atoms with Gasteiger partial charge in [-0.2, -0.15) is 0 Å². The van der Waals surface area contributed by atoms with Gasteiger partial charge < -0.3 is 14.8 Å². The lowest BCUT2D eigenvalue weighted by molar-refractivity contribution is -0.122. The Labute approximate surface area is 155 Å². The molecule has 0 radical (unpaired) electrons. The van der Waals surface area contributed by atoms with Gasteiger partial charge in [0, 0.05) is 31.9 Å². The number of rotatable bonds is 6. The standard InChI is InChI=1S/C17H27N3O5S/c1-17(2)12-25-9-8-20(17)11-16(21)18-13-6-7-14(24-5)15(10-13)26(22,23)19(3)4/h6-7,10H,8-9,11-12H2,1-5H3,(H,18,21). The van der Waals surface area contributed by atoms with E-state index in [1.54, 1.807) is 6.07 Å². The minimum Gasteiger partial charge on any atom is -0.495 e. The number of ether oxygens (including phenoxy) is 2. The average molecular weight is 385 g/mol. The first-order chi connectivity index (χ1) is 12.1. The number of methoxy groups -OCH3 is 1. The van der Waals surface area contributed by atoms with Crippen molar-refractivity contribution < 1.29 is 22.7 Å². The predicted molar refractivity (Wildman–Crippen MR) is 99.0 cm³/mol. The lowest BCUT2D eigenvalue weighted by atomic mass is 10.0. The number of morpholine rings is 1. The number of carbonyl (C=O) groups is 1. The first-order valence-corrected chi connectivity index (χ1v) is 9.75. The largest absolute Gasteiger partial charge is 0.495 e. The molecule has 1 aliphatic heterocycles. The van der Waals surface area contributed by atoms with Gasteiger partial charge in [-0.05, 0) is 32.0 Å². The Bertz CT molecular complexity index is 762. The number of nitrogens with zero attached hydrogens (tertiary/aromatic N) is 2. The fourth-order valence-electron chi connectivity index (χ4n) is 2.71. The van der Waals surface area contributed by atoms with Crippen LogP contribution in [0.5, 0.6) is 5.75 Å². The van der Waals surface area contributed by atoms with Gasteiger partial charge in [0.25, 0.3) is 0 Å². The van der Waals surface area contributed by atoms with Crippen LogP contribution in [0, 0.1) is 0 Å². The molecule has 26 heavy (non-hydrogen) atoms. The number of nitrogens with one attached hydrogen (secondary N) is 1. The summed E-state index contributed by atoms with van der Waals surface area (Å²) in [5, 5.41) is 2.77. The molecule has 1 saturated heterocycles. The van der Waals surface area contributed by atoms with E-state index in [2.05, 4.69) is 5.32 Å². The Morgan fingerprint density at radius 1 is 1.38 bits per heavy atom. The molecule has 1 aromatic carbocycles. The molecule has 1 N–H and O–H groups in total. The highest BCUT2D eigenvalue weighted by Crippen LogP contribution is 2.29. The fourth-order valence-corrected chi connectivity index (χ4v) is 3.79. The number of amides is 1. The molecule has 0 aliphatic carbocycles.